The largest absolute Gasteiger partial charge is 0.381 e. The summed E-state index contributed by atoms with van der Waals surface area (Å²) in [6.07, 6.45) is 3.68. The first kappa shape index (κ1) is 14.8. The molecule has 0 saturated heterocycles. The molecule has 3 aromatic rings. The van der Waals surface area contributed by atoms with Crippen LogP contribution in [0.3, 0.4) is 0 Å². The second-order valence-corrected chi connectivity index (χ2v) is 5.35. The zero-order valence-corrected chi connectivity index (χ0v) is 12.9. The molecular weight excluding hydrogens is 286 g/mol. The summed E-state index contributed by atoms with van der Waals surface area (Å²) in [7, 11) is 0. The van der Waals surface area contributed by atoms with Crippen LogP contribution in [0.25, 0.3) is 5.69 Å². The van der Waals surface area contributed by atoms with Crippen LogP contribution in [0.1, 0.15) is 16.7 Å². The van der Waals surface area contributed by atoms with Crippen molar-refractivity contribution in [1.29, 1.82) is 5.26 Å². The topological polar surface area (TPSA) is 66.5 Å². The van der Waals surface area contributed by atoms with Crippen molar-refractivity contribution >= 4 is 5.69 Å². The second kappa shape index (κ2) is 6.75. The van der Waals surface area contributed by atoms with Crippen LogP contribution in [0.5, 0.6) is 0 Å². The molecule has 0 fully saturated rings. The molecule has 1 aromatic heterocycles. The summed E-state index contributed by atoms with van der Waals surface area (Å²) in [5.41, 5.74) is 5.47. The molecule has 114 valence electrons. The number of rotatable bonds is 5. The monoisotopic (exact) mass is 303 g/mol. The Morgan fingerprint density at radius 2 is 1.91 bits per heavy atom. The van der Waals surface area contributed by atoms with E-state index in [1.165, 1.54) is 11.9 Å². The van der Waals surface area contributed by atoms with Crippen LogP contribution in [0, 0.1) is 18.3 Å². The highest BCUT2D eigenvalue weighted by Gasteiger charge is 2.03. The SMILES string of the molecule is Cc1cc(CNc2ccc(CC#N)cc2)ccc1-n1cncn1. The first-order chi connectivity index (χ1) is 11.3. The third-order valence-electron chi connectivity index (χ3n) is 3.66. The zero-order chi connectivity index (χ0) is 16.1. The maximum absolute atomic E-state index is 8.68. The average Bonchev–Trinajstić information content (AvgIpc) is 3.09. The molecule has 0 amide bonds. The van der Waals surface area contributed by atoms with E-state index in [2.05, 4.69) is 46.6 Å². The van der Waals surface area contributed by atoms with Crippen LogP contribution in [0.4, 0.5) is 5.69 Å². The maximum Gasteiger partial charge on any atom is 0.138 e. The summed E-state index contributed by atoms with van der Waals surface area (Å²) in [5, 5.41) is 16.2. The van der Waals surface area contributed by atoms with Crippen LogP contribution in [-0.4, -0.2) is 14.8 Å². The van der Waals surface area contributed by atoms with E-state index in [0.29, 0.717) is 6.42 Å². The van der Waals surface area contributed by atoms with Gasteiger partial charge in [-0.2, -0.15) is 10.4 Å². The van der Waals surface area contributed by atoms with Crippen LogP contribution >= 0.6 is 0 Å². The van der Waals surface area contributed by atoms with Gasteiger partial charge in [0.15, 0.2) is 0 Å². The minimum Gasteiger partial charge on any atom is -0.381 e. The molecule has 0 radical (unpaired) electrons. The molecule has 0 unspecified atom stereocenters. The van der Waals surface area contributed by atoms with Gasteiger partial charge in [0.1, 0.15) is 12.7 Å². The third kappa shape index (κ3) is 3.55. The van der Waals surface area contributed by atoms with Crippen molar-refractivity contribution in [3.8, 4) is 11.8 Å². The minimum absolute atomic E-state index is 0.448. The number of benzene rings is 2. The average molecular weight is 303 g/mol. The van der Waals surface area contributed by atoms with Gasteiger partial charge < -0.3 is 5.32 Å². The number of anilines is 1. The van der Waals surface area contributed by atoms with Crippen molar-refractivity contribution in [2.45, 2.75) is 19.9 Å². The Bertz CT molecular complexity index is 814. The summed E-state index contributed by atoms with van der Waals surface area (Å²) < 4.78 is 1.76. The molecule has 0 atom stereocenters. The predicted octanol–water partition coefficient (Wildman–Crippen LogP) is 3.25. The molecule has 0 spiro atoms. The van der Waals surface area contributed by atoms with E-state index >= 15 is 0 Å². The first-order valence-electron chi connectivity index (χ1n) is 7.40. The Hall–Kier alpha value is -3.13. The van der Waals surface area contributed by atoms with E-state index in [1.54, 1.807) is 11.0 Å². The van der Waals surface area contributed by atoms with E-state index in [-0.39, 0.29) is 0 Å². The maximum atomic E-state index is 8.68. The number of hydrogen-bond acceptors (Lipinski definition) is 4. The van der Waals surface area contributed by atoms with E-state index in [1.807, 2.05) is 24.3 Å². The molecule has 5 nitrogen and oxygen atoms in total. The molecule has 0 bridgehead atoms. The van der Waals surface area contributed by atoms with Crippen molar-refractivity contribution in [3.63, 3.8) is 0 Å². The number of nitrogens with one attached hydrogen (secondary N) is 1. The van der Waals surface area contributed by atoms with Gasteiger partial charge in [-0.05, 0) is 41.8 Å². The zero-order valence-electron chi connectivity index (χ0n) is 12.9. The molecule has 5 heteroatoms. The molecule has 0 aliphatic carbocycles. The Morgan fingerprint density at radius 3 is 2.57 bits per heavy atom. The van der Waals surface area contributed by atoms with Gasteiger partial charge >= 0.3 is 0 Å². The fourth-order valence-electron chi connectivity index (χ4n) is 2.45. The number of aromatic nitrogens is 3. The van der Waals surface area contributed by atoms with E-state index in [0.717, 1.165) is 29.0 Å². The lowest BCUT2D eigenvalue weighted by atomic mass is 10.1. The molecular formula is C18H17N5. The smallest absolute Gasteiger partial charge is 0.138 e. The summed E-state index contributed by atoms with van der Waals surface area (Å²) >= 11 is 0. The van der Waals surface area contributed by atoms with Crippen LogP contribution < -0.4 is 5.32 Å². The lowest BCUT2D eigenvalue weighted by molar-refractivity contribution is 0.869. The number of nitriles is 1. The normalized spacial score (nSPS) is 10.3. The predicted molar refractivity (Wildman–Crippen MR) is 89.2 cm³/mol. The second-order valence-electron chi connectivity index (χ2n) is 5.35. The molecule has 0 aliphatic heterocycles. The fourth-order valence-corrected chi connectivity index (χ4v) is 2.45. The summed E-state index contributed by atoms with van der Waals surface area (Å²) in [6.45, 7) is 2.81. The van der Waals surface area contributed by atoms with Crippen LogP contribution in [-0.2, 0) is 13.0 Å². The van der Waals surface area contributed by atoms with Gasteiger partial charge in [0.05, 0.1) is 18.2 Å². The van der Waals surface area contributed by atoms with Gasteiger partial charge in [-0.1, -0.05) is 24.3 Å². The summed E-state index contributed by atoms with van der Waals surface area (Å²) in [6, 6.07) is 16.4. The Labute approximate surface area is 135 Å². The third-order valence-corrected chi connectivity index (χ3v) is 3.66. The van der Waals surface area contributed by atoms with E-state index in [9.17, 15) is 0 Å². The Kier molecular flexibility index (Phi) is 4.34. The molecule has 23 heavy (non-hydrogen) atoms. The van der Waals surface area contributed by atoms with Crippen molar-refractivity contribution in [2.24, 2.45) is 0 Å². The van der Waals surface area contributed by atoms with Crippen molar-refractivity contribution in [1.82, 2.24) is 14.8 Å². The van der Waals surface area contributed by atoms with Crippen LogP contribution in [0.15, 0.2) is 55.1 Å². The highest BCUT2D eigenvalue weighted by molar-refractivity contribution is 5.47. The fraction of sp³-hybridized carbons (Fsp3) is 0.167. The number of aryl methyl sites for hydroxylation is 1. The molecule has 0 saturated carbocycles. The Balaban J connectivity index is 1.67. The first-order valence-corrected chi connectivity index (χ1v) is 7.40. The molecule has 1 heterocycles. The molecule has 1 N–H and O–H groups in total. The number of nitrogens with zero attached hydrogens (tertiary/aromatic N) is 4. The highest BCUT2D eigenvalue weighted by atomic mass is 15.3. The highest BCUT2D eigenvalue weighted by Crippen LogP contribution is 2.16. The molecule has 0 aliphatic rings. The van der Waals surface area contributed by atoms with Gasteiger partial charge in [0.2, 0.25) is 0 Å². The van der Waals surface area contributed by atoms with Gasteiger partial charge in [-0.15, -0.1) is 0 Å². The Morgan fingerprint density at radius 1 is 1.13 bits per heavy atom. The van der Waals surface area contributed by atoms with Gasteiger partial charge in [-0.25, -0.2) is 9.67 Å². The van der Waals surface area contributed by atoms with Crippen LogP contribution in [0.2, 0.25) is 0 Å². The standard InChI is InChI=1S/C18H17N5/c1-14-10-16(4-7-18(14)23-13-20-12-22-23)11-21-17-5-2-15(3-6-17)8-9-19/h2-7,10,12-13,21H,8,11H2,1H3. The van der Waals surface area contributed by atoms with Crippen molar-refractivity contribution < 1.29 is 0 Å². The van der Waals surface area contributed by atoms with E-state index in [4.69, 9.17) is 5.26 Å². The van der Waals surface area contributed by atoms with Crippen molar-refractivity contribution in [2.75, 3.05) is 5.32 Å². The summed E-state index contributed by atoms with van der Waals surface area (Å²) in [5.74, 6) is 0. The van der Waals surface area contributed by atoms with Gasteiger partial charge in [0, 0.05) is 12.2 Å². The number of hydrogen-bond donors (Lipinski definition) is 1. The minimum atomic E-state index is 0.448. The quantitative estimate of drug-likeness (QED) is 0.785. The van der Waals surface area contributed by atoms with Crippen molar-refractivity contribution in [3.05, 3.63) is 71.8 Å². The van der Waals surface area contributed by atoms with Gasteiger partial charge in [0.25, 0.3) is 0 Å². The van der Waals surface area contributed by atoms with Gasteiger partial charge in [-0.3, -0.25) is 0 Å². The molecule has 2 aromatic carbocycles. The lowest BCUT2D eigenvalue weighted by Crippen LogP contribution is -2.02. The molecule has 3 rings (SSSR count). The van der Waals surface area contributed by atoms with E-state index < -0.39 is 0 Å². The lowest BCUT2D eigenvalue weighted by Gasteiger charge is -2.10. The summed E-state index contributed by atoms with van der Waals surface area (Å²) in [4.78, 5) is 3.98.